The number of aromatic amines is 1. The van der Waals surface area contributed by atoms with Gasteiger partial charge in [0.25, 0.3) is 11.1 Å². The molecule has 3 aromatic rings. The summed E-state index contributed by atoms with van der Waals surface area (Å²) in [4.78, 5) is 38.5. The number of carbonyl (C=O) groups excluding carboxylic acids is 1. The minimum atomic E-state index is -0.347. The predicted molar refractivity (Wildman–Crippen MR) is 93.3 cm³/mol. The van der Waals surface area contributed by atoms with Gasteiger partial charge in [0, 0.05) is 13.5 Å². The number of benzene rings is 1. The molecule has 0 saturated heterocycles. The Hall–Kier alpha value is -3.09. The molecule has 1 amide bonds. The summed E-state index contributed by atoms with van der Waals surface area (Å²) in [6, 6.07) is 9.98. The Morgan fingerprint density at radius 2 is 1.92 bits per heavy atom. The molecule has 1 aromatic carbocycles. The van der Waals surface area contributed by atoms with Crippen LogP contribution in [0.3, 0.4) is 0 Å². The van der Waals surface area contributed by atoms with E-state index in [0.717, 1.165) is 0 Å². The van der Waals surface area contributed by atoms with Crippen LogP contribution in [0.2, 0.25) is 0 Å². The molecule has 0 aliphatic rings. The van der Waals surface area contributed by atoms with E-state index >= 15 is 0 Å². The zero-order chi connectivity index (χ0) is 18.0. The van der Waals surface area contributed by atoms with Gasteiger partial charge in [0.2, 0.25) is 5.91 Å². The van der Waals surface area contributed by atoms with Crippen molar-refractivity contribution in [3.05, 3.63) is 69.1 Å². The van der Waals surface area contributed by atoms with E-state index in [1.807, 2.05) is 6.92 Å². The molecule has 2 heterocycles. The van der Waals surface area contributed by atoms with Crippen molar-refractivity contribution < 1.29 is 9.21 Å². The lowest BCUT2D eigenvalue weighted by Crippen LogP contribution is -2.34. The highest BCUT2D eigenvalue weighted by molar-refractivity contribution is 5.80. The minimum Gasteiger partial charge on any atom is -0.467 e. The van der Waals surface area contributed by atoms with Crippen LogP contribution in [0.1, 0.15) is 25.1 Å². The average Bonchev–Trinajstić information content (AvgIpc) is 3.16. The van der Waals surface area contributed by atoms with Gasteiger partial charge in [-0.15, -0.1) is 0 Å². The topological polar surface area (TPSA) is 88.3 Å². The van der Waals surface area contributed by atoms with Crippen molar-refractivity contribution in [1.29, 1.82) is 0 Å². The summed E-state index contributed by atoms with van der Waals surface area (Å²) in [5.74, 6) is 0.539. The second-order valence-electron chi connectivity index (χ2n) is 5.89. The summed E-state index contributed by atoms with van der Waals surface area (Å²) in [6.45, 7) is 1.97. The molecule has 0 fully saturated rings. The molecule has 2 aromatic heterocycles. The lowest BCUT2D eigenvalue weighted by atomic mass is 10.2. The summed E-state index contributed by atoms with van der Waals surface area (Å²) in [5, 5.41) is 3.22. The van der Waals surface area contributed by atoms with Crippen molar-refractivity contribution in [3.8, 4) is 0 Å². The number of furan rings is 1. The third-order valence-electron chi connectivity index (χ3n) is 4.36. The first kappa shape index (κ1) is 16.8. The second-order valence-corrected chi connectivity index (χ2v) is 5.89. The van der Waals surface area contributed by atoms with E-state index in [1.165, 1.54) is 4.68 Å². The average molecular weight is 341 g/mol. The molecule has 25 heavy (non-hydrogen) atoms. The number of hydrogen-bond donors (Lipinski definition) is 1. The highest BCUT2D eigenvalue weighted by Crippen LogP contribution is 2.19. The molecule has 0 aliphatic carbocycles. The van der Waals surface area contributed by atoms with Crippen LogP contribution in [-0.4, -0.2) is 27.6 Å². The SMILES string of the molecule is CC(c1ccco1)N(C)C(=O)CCn1[nH]c(=O)c2ccccc2c1=O. The maximum Gasteiger partial charge on any atom is 0.273 e. The Morgan fingerprint density at radius 3 is 2.60 bits per heavy atom. The van der Waals surface area contributed by atoms with Crippen LogP contribution >= 0.6 is 0 Å². The molecule has 0 bridgehead atoms. The monoisotopic (exact) mass is 341 g/mol. The molecule has 1 unspecified atom stereocenters. The highest BCUT2D eigenvalue weighted by Gasteiger charge is 2.19. The maximum absolute atomic E-state index is 12.4. The van der Waals surface area contributed by atoms with Crippen LogP contribution in [0.4, 0.5) is 0 Å². The number of carbonyl (C=O) groups is 1. The number of hydrogen-bond acceptors (Lipinski definition) is 4. The van der Waals surface area contributed by atoms with Crippen molar-refractivity contribution in [2.24, 2.45) is 0 Å². The van der Waals surface area contributed by atoms with Crippen molar-refractivity contribution >= 4 is 16.7 Å². The molecular weight excluding hydrogens is 322 g/mol. The third kappa shape index (κ3) is 3.26. The smallest absolute Gasteiger partial charge is 0.273 e. The summed E-state index contributed by atoms with van der Waals surface area (Å²) in [5.41, 5.74) is -0.662. The van der Waals surface area contributed by atoms with Gasteiger partial charge in [0.1, 0.15) is 5.76 Å². The van der Waals surface area contributed by atoms with Gasteiger partial charge in [-0.2, -0.15) is 0 Å². The predicted octanol–water partition coefficient (Wildman–Crippen LogP) is 1.89. The Balaban J connectivity index is 1.76. The Kier molecular flexibility index (Phi) is 4.56. The highest BCUT2D eigenvalue weighted by atomic mass is 16.3. The van der Waals surface area contributed by atoms with Gasteiger partial charge in [-0.05, 0) is 31.2 Å². The van der Waals surface area contributed by atoms with E-state index in [4.69, 9.17) is 4.42 Å². The lowest BCUT2D eigenvalue weighted by molar-refractivity contribution is -0.132. The van der Waals surface area contributed by atoms with E-state index in [1.54, 1.807) is 54.6 Å². The van der Waals surface area contributed by atoms with E-state index < -0.39 is 0 Å². The molecule has 0 saturated carbocycles. The zero-order valence-electron chi connectivity index (χ0n) is 14.1. The molecule has 3 rings (SSSR count). The van der Waals surface area contributed by atoms with Gasteiger partial charge in [0.05, 0.1) is 29.6 Å². The molecule has 1 atom stereocenters. The fourth-order valence-electron chi connectivity index (χ4n) is 2.72. The van der Waals surface area contributed by atoms with Crippen molar-refractivity contribution in [2.45, 2.75) is 25.9 Å². The van der Waals surface area contributed by atoms with E-state index in [9.17, 15) is 14.4 Å². The summed E-state index contributed by atoms with van der Waals surface area (Å²) >= 11 is 0. The fourth-order valence-corrected chi connectivity index (χ4v) is 2.72. The van der Waals surface area contributed by atoms with Gasteiger partial charge in [-0.1, -0.05) is 12.1 Å². The number of nitrogens with one attached hydrogen (secondary N) is 1. The lowest BCUT2D eigenvalue weighted by Gasteiger charge is -2.23. The van der Waals surface area contributed by atoms with Gasteiger partial charge in [0.15, 0.2) is 0 Å². The quantitative estimate of drug-likeness (QED) is 0.767. The number of amides is 1. The molecule has 7 heteroatoms. The molecule has 1 N–H and O–H groups in total. The van der Waals surface area contributed by atoms with Gasteiger partial charge in [-0.3, -0.25) is 19.5 Å². The summed E-state index contributed by atoms with van der Waals surface area (Å²) in [6.07, 6.45) is 1.65. The number of aryl methyl sites for hydroxylation is 1. The second kappa shape index (κ2) is 6.80. The molecule has 0 spiro atoms. The Bertz CT molecular complexity index is 1000. The summed E-state index contributed by atoms with van der Waals surface area (Å²) in [7, 11) is 1.68. The van der Waals surface area contributed by atoms with Crippen molar-refractivity contribution in [3.63, 3.8) is 0 Å². The molecule has 0 radical (unpaired) electrons. The van der Waals surface area contributed by atoms with Crippen LogP contribution in [0.5, 0.6) is 0 Å². The zero-order valence-corrected chi connectivity index (χ0v) is 14.1. The molecule has 130 valence electrons. The number of H-pyrrole nitrogens is 1. The first-order chi connectivity index (χ1) is 12.0. The summed E-state index contributed by atoms with van der Waals surface area (Å²) < 4.78 is 6.50. The van der Waals surface area contributed by atoms with Crippen LogP contribution in [0.25, 0.3) is 10.8 Å². The first-order valence-corrected chi connectivity index (χ1v) is 8.00. The van der Waals surface area contributed by atoms with Crippen LogP contribution < -0.4 is 11.1 Å². The number of fused-ring (bicyclic) bond motifs is 1. The van der Waals surface area contributed by atoms with Gasteiger partial charge < -0.3 is 9.32 Å². The van der Waals surface area contributed by atoms with Crippen LogP contribution in [0.15, 0.2) is 56.7 Å². The van der Waals surface area contributed by atoms with Crippen LogP contribution in [0, 0.1) is 0 Å². The first-order valence-electron chi connectivity index (χ1n) is 8.00. The molecular formula is C18H19N3O4. The normalized spacial score (nSPS) is 12.2. The third-order valence-corrected chi connectivity index (χ3v) is 4.36. The van der Waals surface area contributed by atoms with Gasteiger partial charge in [-0.25, -0.2) is 4.68 Å². The fraction of sp³-hybridized carbons (Fsp3) is 0.278. The van der Waals surface area contributed by atoms with Crippen molar-refractivity contribution in [1.82, 2.24) is 14.7 Å². The van der Waals surface area contributed by atoms with E-state index in [2.05, 4.69) is 5.10 Å². The standard InChI is InChI=1S/C18H19N3O4/c1-12(15-8-5-11-25-15)20(2)16(22)9-10-21-18(24)14-7-4-3-6-13(14)17(23)19-21/h3-8,11-12H,9-10H2,1-2H3,(H,19,23). The maximum atomic E-state index is 12.4. The Labute approximate surface area is 143 Å². The molecule has 0 aliphatic heterocycles. The molecule has 7 nitrogen and oxygen atoms in total. The number of rotatable bonds is 5. The van der Waals surface area contributed by atoms with E-state index in [-0.39, 0.29) is 36.0 Å². The van der Waals surface area contributed by atoms with Crippen LogP contribution in [-0.2, 0) is 11.3 Å². The van der Waals surface area contributed by atoms with E-state index in [0.29, 0.717) is 16.5 Å². The largest absolute Gasteiger partial charge is 0.467 e. The Morgan fingerprint density at radius 1 is 1.20 bits per heavy atom. The number of nitrogens with zero attached hydrogens (tertiary/aromatic N) is 2. The van der Waals surface area contributed by atoms with Crippen molar-refractivity contribution in [2.75, 3.05) is 7.05 Å². The van der Waals surface area contributed by atoms with Gasteiger partial charge >= 0.3 is 0 Å². The minimum absolute atomic E-state index is 0.0930. The number of aromatic nitrogens is 2.